The summed E-state index contributed by atoms with van der Waals surface area (Å²) < 4.78 is 0. The topological polar surface area (TPSA) is 34.1 Å². The third kappa shape index (κ3) is 3.43. The van der Waals surface area contributed by atoms with Crippen LogP contribution >= 0.6 is 0 Å². The van der Waals surface area contributed by atoms with Crippen LogP contribution in [0.5, 0.6) is 0 Å². The Hall–Kier alpha value is -3.00. The molecule has 4 rings (SSSR count). The van der Waals surface area contributed by atoms with E-state index in [0.717, 1.165) is 12.0 Å². The lowest BCUT2D eigenvalue weighted by Gasteiger charge is -2.17. The van der Waals surface area contributed by atoms with Gasteiger partial charge in [-0.05, 0) is 25.0 Å². The molecule has 3 aromatic rings. The number of carbonyl (C=O) groups excluding carboxylic acids is 2. The van der Waals surface area contributed by atoms with Crippen molar-refractivity contribution < 1.29 is 9.59 Å². The molecule has 0 fully saturated rings. The molecule has 1 aliphatic carbocycles. The first kappa shape index (κ1) is 16.8. The number of hydrogen-bond acceptors (Lipinski definition) is 2. The first-order valence-corrected chi connectivity index (χ1v) is 8.44. The molecule has 1 aliphatic rings. The van der Waals surface area contributed by atoms with E-state index in [-0.39, 0.29) is 11.6 Å². The molecule has 2 nitrogen and oxygen atoms in total. The van der Waals surface area contributed by atoms with E-state index in [4.69, 9.17) is 0 Å². The minimum Gasteiger partial charge on any atom is -0.289 e. The highest BCUT2D eigenvalue weighted by molar-refractivity contribution is 6.28. The lowest BCUT2D eigenvalue weighted by atomic mass is 9.83. The van der Waals surface area contributed by atoms with Crippen LogP contribution in [0.1, 0.15) is 49.9 Å². The number of ketones is 2. The molecule has 0 saturated heterocycles. The molecule has 0 N–H and O–H groups in total. The zero-order chi connectivity index (χ0) is 17.8. The molecule has 0 atom stereocenters. The number of carbonyl (C=O) groups is 2. The molecular formula is C23H20O2. The Bertz CT molecular complexity index is 924. The first-order valence-electron chi connectivity index (χ1n) is 8.44. The Kier molecular flexibility index (Phi) is 4.90. The summed E-state index contributed by atoms with van der Waals surface area (Å²) >= 11 is 0. The maximum Gasteiger partial charge on any atom is 0.194 e. The van der Waals surface area contributed by atoms with Crippen LogP contribution in [0.3, 0.4) is 0 Å². The maximum atomic E-state index is 12.4. The number of rotatable bonds is 1. The second-order valence-electron chi connectivity index (χ2n) is 6.09. The van der Waals surface area contributed by atoms with Gasteiger partial charge in [-0.2, -0.15) is 0 Å². The fraction of sp³-hybridized carbons (Fsp3) is 0.130. The van der Waals surface area contributed by atoms with E-state index in [1.165, 1.54) is 5.56 Å². The van der Waals surface area contributed by atoms with Crippen molar-refractivity contribution in [1.29, 1.82) is 0 Å². The molecule has 0 unspecified atom stereocenters. The van der Waals surface area contributed by atoms with E-state index in [1.807, 2.05) is 37.3 Å². The monoisotopic (exact) mass is 328 g/mol. The highest BCUT2D eigenvalue weighted by atomic mass is 16.1. The van der Waals surface area contributed by atoms with Crippen LogP contribution in [0.25, 0.3) is 0 Å². The van der Waals surface area contributed by atoms with Gasteiger partial charge in [0.1, 0.15) is 0 Å². The van der Waals surface area contributed by atoms with E-state index in [2.05, 4.69) is 19.1 Å². The summed E-state index contributed by atoms with van der Waals surface area (Å²) in [7, 11) is 0. The minimum absolute atomic E-state index is 0.0458. The number of benzene rings is 3. The van der Waals surface area contributed by atoms with E-state index in [9.17, 15) is 9.59 Å². The lowest BCUT2D eigenvalue weighted by Crippen LogP contribution is -2.20. The molecule has 0 aromatic heterocycles. The summed E-state index contributed by atoms with van der Waals surface area (Å²) in [6.45, 7) is 4.12. The van der Waals surface area contributed by atoms with Gasteiger partial charge in [-0.15, -0.1) is 0 Å². The van der Waals surface area contributed by atoms with Gasteiger partial charge in [0.25, 0.3) is 0 Å². The van der Waals surface area contributed by atoms with Gasteiger partial charge in [-0.3, -0.25) is 9.59 Å². The zero-order valence-corrected chi connectivity index (χ0v) is 14.5. The Balaban J connectivity index is 0.000000219. The summed E-state index contributed by atoms with van der Waals surface area (Å²) in [4.78, 5) is 24.7. The van der Waals surface area contributed by atoms with Crippen LogP contribution in [0.15, 0.2) is 72.8 Å². The van der Waals surface area contributed by atoms with Crippen molar-refractivity contribution >= 4 is 11.6 Å². The van der Waals surface area contributed by atoms with Crippen molar-refractivity contribution in [2.75, 3.05) is 0 Å². The standard InChI is InChI=1S/C16H12O2.C7H8/c1-2-10-7-8-13-14(9-10)16(18)12-6-4-3-5-11(12)15(13)17;1-7-5-3-2-4-6-7/h3-9H,2H2,1H3;2-6H,1H3. The fourth-order valence-electron chi connectivity index (χ4n) is 2.90. The van der Waals surface area contributed by atoms with E-state index < -0.39 is 0 Å². The molecule has 25 heavy (non-hydrogen) atoms. The van der Waals surface area contributed by atoms with Gasteiger partial charge in [0.05, 0.1) is 0 Å². The van der Waals surface area contributed by atoms with Crippen LogP contribution in [0, 0.1) is 6.92 Å². The summed E-state index contributed by atoms with van der Waals surface area (Å²) in [5, 5.41) is 0. The number of fused-ring (bicyclic) bond motifs is 2. The predicted octanol–water partition coefficient (Wildman–Crippen LogP) is 5.02. The van der Waals surface area contributed by atoms with Crippen LogP contribution < -0.4 is 0 Å². The quantitative estimate of drug-likeness (QED) is 0.492. The zero-order valence-electron chi connectivity index (χ0n) is 14.5. The van der Waals surface area contributed by atoms with Crippen molar-refractivity contribution in [3.63, 3.8) is 0 Å². The van der Waals surface area contributed by atoms with Crippen molar-refractivity contribution in [2.45, 2.75) is 20.3 Å². The molecule has 0 amide bonds. The first-order chi connectivity index (χ1) is 12.1. The van der Waals surface area contributed by atoms with Crippen LogP contribution in [-0.4, -0.2) is 11.6 Å². The molecule has 3 aromatic carbocycles. The molecule has 0 aliphatic heterocycles. The molecule has 2 heteroatoms. The third-order valence-corrected chi connectivity index (χ3v) is 4.34. The van der Waals surface area contributed by atoms with E-state index in [0.29, 0.717) is 22.3 Å². The summed E-state index contributed by atoms with van der Waals surface area (Å²) in [6, 6.07) is 22.8. The minimum atomic E-state index is -0.0529. The maximum absolute atomic E-state index is 12.4. The molecule has 0 bridgehead atoms. The van der Waals surface area contributed by atoms with Gasteiger partial charge in [0.15, 0.2) is 11.6 Å². The van der Waals surface area contributed by atoms with Gasteiger partial charge < -0.3 is 0 Å². The van der Waals surface area contributed by atoms with Crippen LogP contribution in [-0.2, 0) is 6.42 Å². The molecule has 0 saturated carbocycles. The summed E-state index contributed by atoms with van der Waals surface area (Å²) in [6.07, 6.45) is 0.858. The predicted molar refractivity (Wildman–Crippen MR) is 100 cm³/mol. The number of aryl methyl sites for hydroxylation is 2. The summed E-state index contributed by atoms with van der Waals surface area (Å²) in [5.41, 5.74) is 4.49. The Morgan fingerprint density at radius 3 is 1.68 bits per heavy atom. The molecule has 0 spiro atoms. The van der Waals surface area contributed by atoms with E-state index in [1.54, 1.807) is 30.3 Å². The number of hydrogen-bond donors (Lipinski definition) is 0. The fourth-order valence-corrected chi connectivity index (χ4v) is 2.90. The molecule has 0 radical (unpaired) electrons. The van der Waals surface area contributed by atoms with Gasteiger partial charge in [0, 0.05) is 22.3 Å². The Morgan fingerprint density at radius 1 is 0.640 bits per heavy atom. The Labute approximate surface area is 148 Å². The van der Waals surface area contributed by atoms with Gasteiger partial charge in [-0.1, -0.05) is 79.2 Å². The van der Waals surface area contributed by atoms with Crippen molar-refractivity contribution in [3.8, 4) is 0 Å². The average molecular weight is 328 g/mol. The normalized spacial score (nSPS) is 11.9. The second-order valence-corrected chi connectivity index (χ2v) is 6.09. The SMILES string of the molecule is CCc1ccc2c(c1)C(=O)c1ccccc1C2=O.Cc1ccccc1. The van der Waals surface area contributed by atoms with Crippen molar-refractivity contribution in [3.05, 3.63) is 106 Å². The van der Waals surface area contributed by atoms with E-state index >= 15 is 0 Å². The van der Waals surface area contributed by atoms with Gasteiger partial charge in [-0.25, -0.2) is 0 Å². The molecule has 0 heterocycles. The average Bonchev–Trinajstić information content (AvgIpc) is 2.67. The molecule has 124 valence electrons. The second kappa shape index (κ2) is 7.27. The van der Waals surface area contributed by atoms with Gasteiger partial charge >= 0.3 is 0 Å². The summed E-state index contributed by atoms with van der Waals surface area (Å²) in [5.74, 6) is -0.0987. The lowest BCUT2D eigenvalue weighted by molar-refractivity contribution is 0.0979. The van der Waals surface area contributed by atoms with Crippen LogP contribution in [0.4, 0.5) is 0 Å². The third-order valence-electron chi connectivity index (χ3n) is 4.34. The largest absolute Gasteiger partial charge is 0.289 e. The van der Waals surface area contributed by atoms with Crippen LogP contribution in [0.2, 0.25) is 0 Å². The van der Waals surface area contributed by atoms with Gasteiger partial charge in [0.2, 0.25) is 0 Å². The highest BCUT2D eigenvalue weighted by Gasteiger charge is 2.28. The smallest absolute Gasteiger partial charge is 0.194 e. The van der Waals surface area contributed by atoms with Crippen molar-refractivity contribution in [1.82, 2.24) is 0 Å². The highest BCUT2D eigenvalue weighted by Crippen LogP contribution is 2.27. The Morgan fingerprint density at radius 2 is 1.16 bits per heavy atom. The molecular weight excluding hydrogens is 308 g/mol. The van der Waals surface area contributed by atoms with Crippen molar-refractivity contribution in [2.24, 2.45) is 0 Å².